The van der Waals surface area contributed by atoms with E-state index in [0.29, 0.717) is 0 Å². The first-order chi connectivity index (χ1) is 6.54. The third-order valence-corrected chi connectivity index (χ3v) is 2.28. The lowest BCUT2D eigenvalue weighted by Crippen LogP contribution is -2.11. The molecule has 0 bridgehead atoms. The molecule has 0 aliphatic carbocycles. The Kier molecular flexibility index (Phi) is 3.64. The van der Waals surface area contributed by atoms with Crippen LogP contribution in [0.1, 0.15) is 38.4 Å². The van der Waals surface area contributed by atoms with Gasteiger partial charge in [0.25, 0.3) is 0 Å². The van der Waals surface area contributed by atoms with Gasteiger partial charge in [-0.3, -0.25) is 4.98 Å². The summed E-state index contributed by atoms with van der Waals surface area (Å²) in [6.45, 7) is 6.77. The number of aliphatic hydroxyl groups excluding tert-OH is 1. The Balaban J connectivity index is 2.69. The molecule has 1 aromatic heterocycles. The molecule has 0 aliphatic rings. The van der Waals surface area contributed by atoms with Gasteiger partial charge >= 0.3 is 0 Å². The van der Waals surface area contributed by atoms with Gasteiger partial charge < -0.3 is 5.11 Å². The van der Waals surface area contributed by atoms with Gasteiger partial charge in [-0.15, -0.1) is 0 Å². The quantitative estimate of drug-likeness (QED) is 0.799. The van der Waals surface area contributed by atoms with Crippen LogP contribution in [0.25, 0.3) is 0 Å². The number of aromatic nitrogens is 1. The van der Waals surface area contributed by atoms with Crippen LogP contribution in [0.4, 0.5) is 0 Å². The molecule has 78 valence electrons. The molecule has 2 nitrogen and oxygen atoms in total. The van der Waals surface area contributed by atoms with Crippen LogP contribution in [-0.4, -0.2) is 16.7 Å². The summed E-state index contributed by atoms with van der Waals surface area (Å²) < 4.78 is 0. The molecule has 0 unspecified atom stereocenters. The van der Waals surface area contributed by atoms with E-state index in [1.165, 1.54) is 5.56 Å². The number of aliphatic hydroxyl groups is 1. The second-order valence-corrected chi connectivity index (χ2v) is 4.62. The number of aryl methyl sites for hydroxylation is 1. The van der Waals surface area contributed by atoms with Crippen molar-refractivity contribution in [2.75, 3.05) is 6.61 Å². The molecule has 0 radical (unpaired) electrons. The van der Waals surface area contributed by atoms with Gasteiger partial charge in [0.05, 0.1) is 0 Å². The zero-order valence-corrected chi connectivity index (χ0v) is 9.25. The highest BCUT2D eigenvalue weighted by molar-refractivity contribution is 5.21. The van der Waals surface area contributed by atoms with Crippen LogP contribution >= 0.6 is 0 Å². The van der Waals surface area contributed by atoms with Crippen molar-refractivity contribution in [1.82, 2.24) is 4.98 Å². The molecule has 0 saturated heterocycles. The lowest BCUT2D eigenvalue weighted by Gasteiger charge is -2.18. The smallest absolute Gasteiger partial charge is 0.0434 e. The topological polar surface area (TPSA) is 33.1 Å². The average Bonchev–Trinajstić information content (AvgIpc) is 2.14. The van der Waals surface area contributed by atoms with Gasteiger partial charge in [0.2, 0.25) is 0 Å². The molecule has 0 spiro atoms. The average molecular weight is 193 g/mol. The minimum atomic E-state index is 0.169. The Morgan fingerprint density at radius 2 is 2.00 bits per heavy atom. The summed E-state index contributed by atoms with van der Waals surface area (Å²) >= 11 is 0. The molecule has 0 fully saturated rings. The fraction of sp³-hybridized carbons (Fsp3) is 0.583. The number of nitrogens with zero attached hydrogens (tertiary/aromatic N) is 1. The van der Waals surface area contributed by atoms with E-state index in [9.17, 15) is 0 Å². The van der Waals surface area contributed by atoms with Gasteiger partial charge in [-0.05, 0) is 29.9 Å². The normalized spacial score (nSPS) is 11.7. The van der Waals surface area contributed by atoms with Crippen LogP contribution in [-0.2, 0) is 11.8 Å². The lowest BCUT2D eigenvalue weighted by molar-refractivity contribution is 0.288. The van der Waals surface area contributed by atoms with Gasteiger partial charge in [0.15, 0.2) is 0 Å². The summed E-state index contributed by atoms with van der Waals surface area (Å²) in [5, 5.41) is 8.68. The molecule has 1 aromatic rings. The van der Waals surface area contributed by atoms with Crippen molar-refractivity contribution in [3.05, 3.63) is 29.6 Å². The molecule has 1 rings (SSSR count). The van der Waals surface area contributed by atoms with E-state index in [4.69, 9.17) is 5.11 Å². The van der Waals surface area contributed by atoms with Crippen molar-refractivity contribution < 1.29 is 5.11 Å². The van der Waals surface area contributed by atoms with E-state index in [0.717, 1.165) is 18.5 Å². The largest absolute Gasteiger partial charge is 0.396 e. The van der Waals surface area contributed by atoms with E-state index in [1.54, 1.807) is 0 Å². The number of hydrogen-bond acceptors (Lipinski definition) is 2. The van der Waals surface area contributed by atoms with Crippen molar-refractivity contribution in [3.63, 3.8) is 0 Å². The van der Waals surface area contributed by atoms with E-state index in [-0.39, 0.29) is 12.0 Å². The molecule has 0 atom stereocenters. The molecule has 14 heavy (non-hydrogen) atoms. The predicted octanol–water partition coefficient (Wildman–Crippen LogP) is 2.30. The SMILES string of the molecule is CC(C)(C)c1ccc(CCCO)nc1. The van der Waals surface area contributed by atoms with Gasteiger partial charge in [-0.2, -0.15) is 0 Å². The van der Waals surface area contributed by atoms with Gasteiger partial charge in [-0.1, -0.05) is 26.8 Å². The maximum absolute atomic E-state index is 8.68. The third-order valence-electron chi connectivity index (χ3n) is 2.28. The van der Waals surface area contributed by atoms with E-state index >= 15 is 0 Å². The van der Waals surface area contributed by atoms with E-state index < -0.39 is 0 Å². The Hall–Kier alpha value is -0.890. The highest BCUT2D eigenvalue weighted by Gasteiger charge is 2.13. The summed E-state index contributed by atoms with van der Waals surface area (Å²) in [6.07, 6.45) is 3.59. The van der Waals surface area contributed by atoms with Crippen LogP contribution < -0.4 is 0 Å². The van der Waals surface area contributed by atoms with E-state index in [2.05, 4.69) is 37.9 Å². The summed E-state index contributed by atoms with van der Waals surface area (Å²) in [5.41, 5.74) is 2.49. The molecular weight excluding hydrogens is 174 g/mol. The molecule has 0 aromatic carbocycles. The molecule has 0 amide bonds. The lowest BCUT2D eigenvalue weighted by atomic mass is 9.88. The molecule has 0 saturated carbocycles. The Morgan fingerprint density at radius 3 is 2.43 bits per heavy atom. The van der Waals surface area contributed by atoms with Crippen LogP contribution in [0, 0.1) is 0 Å². The highest BCUT2D eigenvalue weighted by Crippen LogP contribution is 2.21. The molecule has 0 aliphatic heterocycles. The highest BCUT2D eigenvalue weighted by atomic mass is 16.2. The molecule has 1 N–H and O–H groups in total. The van der Waals surface area contributed by atoms with Crippen molar-refractivity contribution in [1.29, 1.82) is 0 Å². The number of pyridine rings is 1. The second kappa shape index (κ2) is 4.56. The Bertz CT molecular complexity index is 271. The zero-order valence-electron chi connectivity index (χ0n) is 9.25. The first kappa shape index (κ1) is 11.2. The van der Waals surface area contributed by atoms with Crippen molar-refractivity contribution >= 4 is 0 Å². The van der Waals surface area contributed by atoms with Gasteiger partial charge in [0.1, 0.15) is 0 Å². The number of hydrogen-bond donors (Lipinski definition) is 1. The second-order valence-electron chi connectivity index (χ2n) is 4.62. The van der Waals surface area contributed by atoms with Gasteiger partial charge in [0, 0.05) is 18.5 Å². The zero-order chi connectivity index (χ0) is 10.6. The van der Waals surface area contributed by atoms with Gasteiger partial charge in [-0.25, -0.2) is 0 Å². The summed E-state index contributed by atoms with van der Waals surface area (Å²) in [4.78, 5) is 4.37. The van der Waals surface area contributed by atoms with Crippen LogP contribution in [0.15, 0.2) is 18.3 Å². The predicted molar refractivity (Wildman–Crippen MR) is 58.3 cm³/mol. The minimum absolute atomic E-state index is 0.169. The minimum Gasteiger partial charge on any atom is -0.396 e. The third kappa shape index (κ3) is 3.11. The van der Waals surface area contributed by atoms with Crippen LogP contribution in [0.5, 0.6) is 0 Å². The van der Waals surface area contributed by atoms with Crippen LogP contribution in [0.3, 0.4) is 0 Å². The maximum atomic E-state index is 8.68. The Morgan fingerprint density at radius 1 is 1.29 bits per heavy atom. The molecule has 1 heterocycles. The van der Waals surface area contributed by atoms with Crippen molar-refractivity contribution in [2.45, 2.75) is 39.0 Å². The standard InChI is InChI=1S/C12H19NO/c1-12(2,3)10-6-7-11(13-9-10)5-4-8-14/h6-7,9,14H,4-5,8H2,1-3H3. The van der Waals surface area contributed by atoms with Crippen LogP contribution in [0.2, 0.25) is 0 Å². The van der Waals surface area contributed by atoms with Crippen molar-refractivity contribution in [2.24, 2.45) is 0 Å². The molecular formula is C12H19NO. The summed E-state index contributed by atoms with van der Waals surface area (Å²) in [6, 6.07) is 4.18. The van der Waals surface area contributed by atoms with Crippen molar-refractivity contribution in [3.8, 4) is 0 Å². The fourth-order valence-electron chi connectivity index (χ4n) is 1.28. The Labute approximate surface area is 86.0 Å². The maximum Gasteiger partial charge on any atom is 0.0434 e. The van der Waals surface area contributed by atoms with E-state index in [1.807, 2.05) is 6.20 Å². The first-order valence-corrected chi connectivity index (χ1v) is 5.10. The summed E-state index contributed by atoms with van der Waals surface area (Å²) in [7, 11) is 0. The molecule has 2 heteroatoms. The summed E-state index contributed by atoms with van der Waals surface area (Å²) in [5.74, 6) is 0. The number of rotatable bonds is 3. The first-order valence-electron chi connectivity index (χ1n) is 5.10. The monoisotopic (exact) mass is 193 g/mol. The fourth-order valence-corrected chi connectivity index (χ4v) is 1.28.